The van der Waals surface area contributed by atoms with Gasteiger partial charge < -0.3 is 11.1 Å². The Hall–Kier alpha value is -1.51. The van der Waals surface area contributed by atoms with Crippen molar-refractivity contribution in [3.63, 3.8) is 0 Å². The minimum absolute atomic E-state index is 0.0687. The van der Waals surface area contributed by atoms with Crippen LogP contribution in [0.15, 0.2) is 42.5 Å². The molecule has 2 rings (SSSR count). The molecule has 19 heavy (non-hydrogen) atoms. The molecule has 100 valence electrons. The zero-order chi connectivity index (χ0) is 13.8. The lowest BCUT2D eigenvalue weighted by molar-refractivity contribution is 0.788. The Bertz CT molecular complexity index is 566. The molecular weight excluding hydrogens is 256 g/mol. The quantitative estimate of drug-likeness (QED) is 0.882. The van der Waals surface area contributed by atoms with Crippen molar-refractivity contribution in [1.29, 1.82) is 0 Å². The van der Waals surface area contributed by atoms with E-state index in [1.807, 2.05) is 24.3 Å². The topological polar surface area (TPSA) is 38.0 Å². The first-order valence-corrected chi connectivity index (χ1v) is 6.78. The molecular formula is C16H19ClN2. The lowest BCUT2D eigenvalue weighted by Crippen LogP contribution is -2.21. The van der Waals surface area contributed by atoms with Crippen LogP contribution < -0.4 is 11.1 Å². The predicted octanol–water partition coefficient (Wildman–Crippen LogP) is 4.07. The molecule has 0 spiro atoms. The molecule has 0 heterocycles. The molecule has 1 unspecified atom stereocenters. The number of hydrogen-bond donors (Lipinski definition) is 2. The average molecular weight is 275 g/mol. The minimum atomic E-state index is 0.0687. The van der Waals surface area contributed by atoms with Crippen LogP contribution in [0.2, 0.25) is 5.02 Å². The van der Waals surface area contributed by atoms with Gasteiger partial charge in [0, 0.05) is 17.3 Å². The Balaban J connectivity index is 2.26. The Morgan fingerprint density at radius 1 is 1.16 bits per heavy atom. The van der Waals surface area contributed by atoms with E-state index in [2.05, 4.69) is 37.4 Å². The number of nitrogens with two attached hydrogens (primary N) is 1. The maximum absolute atomic E-state index is 6.04. The number of anilines is 1. The zero-order valence-corrected chi connectivity index (χ0v) is 12.0. The Kier molecular flexibility index (Phi) is 4.46. The second-order valence-corrected chi connectivity index (χ2v) is 5.17. The highest BCUT2D eigenvalue weighted by Crippen LogP contribution is 2.25. The lowest BCUT2D eigenvalue weighted by Gasteiger charge is -2.21. The van der Waals surface area contributed by atoms with E-state index in [4.69, 9.17) is 17.3 Å². The Labute approximate surface area is 119 Å². The van der Waals surface area contributed by atoms with Gasteiger partial charge in [-0.3, -0.25) is 0 Å². The van der Waals surface area contributed by atoms with E-state index in [0.29, 0.717) is 6.54 Å². The standard InChI is InChI=1S/C16H19ClN2/c1-11-5-3-8-15(12(11)2)19-16(10-18)13-6-4-7-14(17)9-13/h3-9,16,19H,10,18H2,1-2H3. The summed E-state index contributed by atoms with van der Waals surface area (Å²) in [5.74, 6) is 0. The Morgan fingerprint density at radius 3 is 2.58 bits per heavy atom. The van der Waals surface area contributed by atoms with Gasteiger partial charge in [0.05, 0.1) is 6.04 Å². The molecule has 0 saturated heterocycles. The summed E-state index contributed by atoms with van der Waals surface area (Å²) in [4.78, 5) is 0. The minimum Gasteiger partial charge on any atom is -0.377 e. The van der Waals surface area contributed by atoms with Gasteiger partial charge in [-0.15, -0.1) is 0 Å². The summed E-state index contributed by atoms with van der Waals surface area (Å²) in [7, 11) is 0. The molecule has 3 heteroatoms. The fraction of sp³-hybridized carbons (Fsp3) is 0.250. The normalized spacial score (nSPS) is 12.2. The fourth-order valence-electron chi connectivity index (χ4n) is 2.10. The fourth-order valence-corrected chi connectivity index (χ4v) is 2.30. The summed E-state index contributed by atoms with van der Waals surface area (Å²) >= 11 is 6.04. The van der Waals surface area contributed by atoms with Gasteiger partial charge in [-0.05, 0) is 48.7 Å². The number of hydrogen-bond acceptors (Lipinski definition) is 2. The predicted molar refractivity (Wildman–Crippen MR) is 82.8 cm³/mol. The third-order valence-electron chi connectivity index (χ3n) is 3.42. The molecule has 2 nitrogen and oxygen atoms in total. The van der Waals surface area contributed by atoms with Crippen molar-refractivity contribution in [3.05, 3.63) is 64.2 Å². The van der Waals surface area contributed by atoms with E-state index >= 15 is 0 Å². The van der Waals surface area contributed by atoms with Crippen molar-refractivity contribution in [2.24, 2.45) is 5.73 Å². The first kappa shape index (κ1) is 13.9. The van der Waals surface area contributed by atoms with Crippen LogP contribution in [0.1, 0.15) is 22.7 Å². The van der Waals surface area contributed by atoms with Gasteiger partial charge in [0.15, 0.2) is 0 Å². The van der Waals surface area contributed by atoms with Crippen LogP contribution in [0.5, 0.6) is 0 Å². The molecule has 0 saturated carbocycles. The van der Waals surface area contributed by atoms with Gasteiger partial charge in [0.25, 0.3) is 0 Å². The zero-order valence-electron chi connectivity index (χ0n) is 11.3. The van der Waals surface area contributed by atoms with Gasteiger partial charge in [-0.1, -0.05) is 35.9 Å². The molecule has 2 aromatic rings. The lowest BCUT2D eigenvalue weighted by atomic mass is 10.0. The summed E-state index contributed by atoms with van der Waals surface area (Å²) < 4.78 is 0. The SMILES string of the molecule is Cc1cccc(NC(CN)c2cccc(Cl)c2)c1C. The third kappa shape index (κ3) is 3.28. The van der Waals surface area contributed by atoms with Crippen molar-refractivity contribution in [1.82, 2.24) is 0 Å². The van der Waals surface area contributed by atoms with Crippen LogP contribution in [0.4, 0.5) is 5.69 Å². The van der Waals surface area contributed by atoms with Crippen molar-refractivity contribution in [2.45, 2.75) is 19.9 Å². The maximum atomic E-state index is 6.04. The molecule has 0 bridgehead atoms. The van der Waals surface area contributed by atoms with Crippen LogP contribution in [-0.2, 0) is 0 Å². The van der Waals surface area contributed by atoms with Gasteiger partial charge in [-0.2, -0.15) is 0 Å². The number of halogens is 1. The summed E-state index contributed by atoms with van der Waals surface area (Å²) in [5, 5.41) is 4.23. The van der Waals surface area contributed by atoms with Crippen molar-refractivity contribution in [3.8, 4) is 0 Å². The highest BCUT2D eigenvalue weighted by atomic mass is 35.5. The largest absolute Gasteiger partial charge is 0.377 e. The molecule has 0 aliphatic carbocycles. The average Bonchev–Trinajstić information content (AvgIpc) is 2.40. The number of benzene rings is 2. The molecule has 2 aromatic carbocycles. The van der Waals surface area contributed by atoms with Crippen LogP contribution >= 0.6 is 11.6 Å². The van der Waals surface area contributed by atoms with Crippen LogP contribution in [0, 0.1) is 13.8 Å². The van der Waals surface area contributed by atoms with Gasteiger partial charge in [0.2, 0.25) is 0 Å². The number of rotatable bonds is 4. The summed E-state index contributed by atoms with van der Waals surface area (Å²) in [6, 6.07) is 14.1. The van der Waals surface area contributed by atoms with Crippen LogP contribution in [-0.4, -0.2) is 6.54 Å². The van der Waals surface area contributed by atoms with E-state index < -0.39 is 0 Å². The molecule has 0 radical (unpaired) electrons. The molecule has 0 fully saturated rings. The van der Waals surface area contributed by atoms with Gasteiger partial charge in [0.1, 0.15) is 0 Å². The van der Waals surface area contributed by atoms with Crippen molar-refractivity contribution in [2.75, 3.05) is 11.9 Å². The number of aryl methyl sites for hydroxylation is 1. The van der Waals surface area contributed by atoms with Crippen molar-refractivity contribution >= 4 is 17.3 Å². The van der Waals surface area contributed by atoms with E-state index in [0.717, 1.165) is 16.3 Å². The summed E-state index contributed by atoms with van der Waals surface area (Å²) in [6.45, 7) is 4.74. The van der Waals surface area contributed by atoms with Crippen LogP contribution in [0.25, 0.3) is 0 Å². The highest BCUT2D eigenvalue weighted by Gasteiger charge is 2.11. The maximum Gasteiger partial charge on any atom is 0.0636 e. The summed E-state index contributed by atoms with van der Waals surface area (Å²) in [6.07, 6.45) is 0. The van der Waals surface area contributed by atoms with Gasteiger partial charge in [-0.25, -0.2) is 0 Å². The van der Waals surface area contributed by atoms with E-state index in [1.165, 1.54) is 11.1 Å². The van der Waals surface area contributed by atoms with E-state index in [9.17, 15) is 0 Å². The second-order valence-electron chi connectivity index (χ2n) is 4.74. The molecule has 0 aliphatic rings. The van der Waals surface area contributed by atoms with Gasteiger partial charge >= 0.3 is 0 Å². The first-order valence-electron chi connectivity index (χ1n) is 6.40. The highest BCUT2D eigenvalue weighted by molar-refractivity contribution is 6.30. The molecule has 0 aromatic heterocycles. The van der Waals surface area contributed by atoms with E-state index in [1.54, 1.807) is 0 Å². The monoisotopic (exact) mass is 274 g/mol. The molecule has 0 aliphatic heterocycles. The van der Waals surface area contributed by atoms with E-state index in [-0.39, 0.29) is 6.04 Å². The smallest absolute Gasteiger partial charge is 0.0636 e. The number of nitrogens with one attached hydrogen (secondary N) is 1. The molecule has 1 atom stereocenters. The third-order valence-corrected chi connectivity index (χ3v) is 3.66. The second kappa shape index (κ2) is 6.09. The Morgan fingerprint density at radius 2 is 1.89 bits per heavy atom. The molecule has 3 N–H and O–H groups in total. The first-order chi connectivity index (χ1) is 9.11. The molecule has 0 amide bonds. The summed E-state index contributed by atoms with van der Waals surface area (Å²) in [5.41, 5.74) is 10.6. The van der Waals surface area contributed by atoms with Crippen LogP contribution in [0.3, 0.4) is 0 Å². The van der Waals surface area contributed by atoms with Crippen molar-refractivity contribution < 1.29 is 0 Å².